The van der Waals surface area contributed by atoms with Gasteiger partial charge in [0.05, 0.1) is 7.11 Å². The van der Waals surface area contributed by atoms with Gasteiger partial charge in [-0.1, -0.05) is 18.9 Å². The van der Waals surface area contributed by atoms with Gasteiger partial charge in [-0.15, -0.1) is 0 Å². The number of benzene rings is 1. The summed E-state index contributed by atoms with van der Waals surface area (Å²) >= 11 is 0. The lowest BCUT2D eigenvalue weighted by Crippen LogP contribution is -2.40. The van der Waals surface area contributed by atoms with Gasteiger partial charge in [0.1, 0.15) is 5.75 Å². The highest BCUT2D eigenvalue weighted by molar-refractivity contribution is 5.78. The van der Waals surface area contributed by atoms with Crippen molar-refractivity contribution >= 4 is 5.91 Å². The summed E-state index contributed by atoms with van der Waals surface area (Å²) in [6.45, 7) is 0.988. The van der Waals surface area contributed by atoms with Crippen LogP contribution in [0.2, 0.25) is 0 Å². The van der Waals surface area contributed by atoms with E-state index in [1.807, 2.05) is 0 Å². The first-order chi connectivity index (χ1) is 12.3. The largest absolute Gasteiger partial charge is 0.497 e. The topological polar surface area (TPSA) is 29.5 Å². The molecule has 1 aromatic rings. The summed E-state index contributed by atoms with van der Waals surface area (Å²) in [6, 6.07) is 6.96. The zero-order valence-corrected chi connectivity index (χ0v) is 15.5. The average molecular weight is 341 g/mol. The van der Waals surface area contributed by atoms with Crippen LogP contribution in [0.1, 0.15) is 74.8 Å². The number of hydrogen-bond acceptors (Lipinski definition) is 2. The zero-order valence-electron chi connectivity index (χ0n) is 15.5. The molecule has 3 nitrogen and oxygen atoms in total. The van der Waals surface area contributed by atoms with Crippen LogP contribution in [0.4, 0.5) is 0 Å². The monoisotopic (exact) mass is 341 g/mol. The normalized spacial score (nSPS) is 26.7. The maximum Gasteiger partial charge on any atom is 0.223 e. The van der Waals surface area contributed by atoms with E-state index in [4.69, 9.17) is 4.74 Å². The fourth-order valence-corrected chi connectivity index (χ4v) is 5.49. The molecule has 0 N–H and O–H groups in total. The summed E-state index contributed by atoms with van der Waals surface area (Å²) in [5.41, 5.74) is 2.77. The molecule has 2 atom stereocenters. The Kier molecular flexibility index (Phi) is 5.00. The van der Waals surface area contributed by atoms with Crippen LogP contribution in [-0.4, -0.2) is 30.5 Å². The van der Waals surface area contributed by atoms with E-state index in [9.17, 15) is 4.79 Å². The molecule has 3 heteroatoms. The quantitative estimate of drug-likeness (QED) is 0.795. The third-order valence-corrected chi connectivity index (χ3v) is 6.77. The van der Waals surface area contributed by atoms with Crippen molar-refractivity contribution in [2.75, 3.05) is 13.7 Å². The van der Waals surface area contributed by atoms with Crippen LogP contribution in [-0.2, 0) is 11.2 Å². The highest BCUT2D eigenvalue weighted by Gasteiger charge is 2.36. The predicted octanol–water partition coefficient (Wildman–Crippen LogP) is 4.69. The van der Waals surface area contributed by atoms with Crippen molar-refractivity contribution in [3.05, 3.63) is 29.3 Å². The fraction of sp³-hybridized carbons (Fsp3) is 0.682. The Hall–Kier alpha value is -1.51. The average Bonchev–Trinajstić information content (AvgIpc) is 3.32. The summed E-state index contributed by atoms with van der Waals surface area (Å²) in [5.74, 6) is 2.51. The molecule has 0 bridgehead atoms. The van der Waals surface area contributed by atoms with E-state index in [1.165, 1.54) is 56.1 Å². The fourth-order valence-electron chi connectivity index (χ4n) is 5.49. The molecule has 25 heavy (non-hydrogen) atoms. The SMILES string of the molecule is COc1ccc2c(c1)CCCC2CC(=O)N1CCCC1C1CCCC1. The number of nitrogens with zero attached hydrogens (tertiary/aromatic N) is 1. The van der Waals surface area contributed by atoms with Crippen molar-refractivity contribution in [1.29, 1.82) is 0 Å². The van der Waals surface area contributed by atoms with Crippen LogP contribution in [0.5, 0.6) is 5.75 Å². The van der Waals surface area contributed by atoms with Crippen molar-refractivity contribution in [1.82, 2.24) is 4.90 Å². The third-order valence-electron chi connectivity index (χ3n) is 6.77. The van der Waals surface area contributed by atoms with Gasteiger partial charge < -0.3 is 9.64 Å². The van der Waals surface area contributed by atoms with E-state index >= 15 is 0 Å². The second-order valence-electron chi connectivity index (χ2n) is 8.20. The summed E-state index contributed by atoms with van der Waals surface area (Å²) < 4.78 is 5.37. The van der Waals surface area contributed by atoms with E-state index < -0.39 is 0 Å². The smallest absolute Gasteiger partial charge is 0.223 e. The Labute approximate surface area is 151 Å². The Morgan fingerprint density at radius 2 is 1.96 bits per heavy atom. The van der Waals surface area contributed by atoms with Gasteiger partial charge >= 0.3 is 0 Å². The van der Waals surface area contributed by atoms with Gasteiger partial charge in [-0.3, -0.25) is 4.79 Å². The van der Waals surface area contributed by atoms with E-state index in [-0.39, 0.29) is 0 Å². The first kappa shape index (κ1) is 16.9. The maximum absolute atomic E-state index is 13.1. The molecule has 1 heterocycles. The highest BCUT2D eigenvalue weighted by Crippen LogP contribution is 2.39. The molecule has 136 valence electrons. The molecule has 0 spiro atoms. The third kappa shape index (κ3) is 3.43. The van der Waals surface area contributed by atoms with Crippen LogP contribution < -0.4 is 4.74 Å². The van der Waals surface area contributed by atoms with Gasteiger partial charge in [0.25, 0.3) is 0 Å². The number of hydrogen-bond donors (Lipinski definition) is 0. The number of amides is 1. The second kappa shape index (κ2) is 7.39. The summed E-state index contributed by atoms with van der Waals surface area (Å²) in [5, 5.41) is 0. The minimum absolute atomic E-state index is 0.395. The van der Waals surface area contributed by atoms with Crippen molar-refractivity contribution < 1.29 is 9.53 Å². The van der Waals surface area contributed by atoms with Gasteiger partial charge in [0.2, 0.25) is 5.91 Å². The predicted molar refractivity (Wildman–Crippen MR) is 100.0 cm³/mol. The molecule has 1 saturated heterocycles. The number of aryl methyl sites for hydroxylation is 1. The molecule has 4 rings (SSSR count). The summed E-state index contributed by atoms with van der Waals surface area (Å²) in [7, 11) is 1.72. The lowest BCUT2D eigenvalue weighted by Gasteiger charge is -2.32. The molecular formula is C22H31NO2. The van der Waals surface area contributed by atoms with Gasteiger partial charge in [-0.25, -0.2) is 0 Å². The van der Waals surface area contributed by atoms with E-state index in [0.29, 0.717) is 24.3 Å². The Bertz CT molecular complexity index is 620. The van der Waals surface area contributed by atoms with E-state index in [1.54, 1.807) is 7.11 Å². The zero-order chi connectivity index (χ0) is 17.2. The second-order valence-corrected chi connectivity index (χ2v) is 8.20. The van der Waals surface area contributed by atoms with Crippen LogP contribution in [0.25, 0.3) is 0 Å². The molecule has 2 aliphatic carbocycles. The minimum atomic E-state index is 0.395. The molecule has 0 radical (unpaired) electrons. The van der Waals surface area contributed by atoms with Gasteiger partial charge in [-0.05, 0) is 80.0 Å². The van der Waals surface area contributed by atoms with Gasteiger partial charge in [0, 0.05) is 19.0 Å². The molecule has 0 aromatic heterocycles. The summed E-state index contributed by atoms with van der Waals surface area (Å²) in [4.78, 5) is 15.4. The van der Waals surface area contributed by atoms with Crippen LogP contribution in [0, 0.1) is 5.92 Å². The van der Waals surface area contributed by atoms with Crippen LogP contribution in [0.15, 0.2) is 18.2 Å². The minimum Gasteiger partial charge on any atom is -0.497 e. The van der Waals surface area contributed by atoms with Crippen molar-refractivity contribution in [2.24, 2.45) is 5.92 Å². The van der Waals surface area contributed by atoms with E-state index in [0.717, 1.165) is 31.1 Å². The van der Waals surface area contributed by atoms with E-state index in [2.05, 4.69) is 23.1 Å². The highest BCUT2D eigenvalue weighted by atomic mass is 16.5. The molecule has 1 aliphatic heterocycles. The molecule has 3 aliphatic rings. The lowest BCUT2D eigenvalue weighted by atomic mass is 9.80. The van der Waals surface area contributed by atoms with Crippen molar-refractivity contribution in [3.8, 4) is 5.75 Å². The lowest BCUT2D eigenvalue weighted by molar-refractivity contribution is -0.133. The number of ether oxygens (including phenoxy) is 1. The Morgan fingerprint density at radius 1 is 1.12 bits per heavy atom. The molecular weight excluding hydrogens is 310 g/mol. The number of fused-ring (bicyclic) bond motifs is 1. The number of rotatable bonds is 4. The molecule has 2 fully saturated rings. The van der Waals surface area contributed by atoms with Gasteiger partial charge in [0.15, 0.2) is 0 Å². The van der Waals surface area contributed by atoms with Gasteiger partial charge in [-0.2, -0.15) is 0 Å². The Morgan fingerprint density at radius 3 is 2.76 bits per heavy atom. The van der Waals surface area contributed by atoms with Crippen LogP contribution in [0.3, 0.4) is 0 Å². The van der Waals surface area contributed by atoms with Crippen molar-refractivity contribution in [3.63, 3.8) is 0 Å². The summed E-state index contributed by atoms with van der Waals surface area (Å²) in [6.07, 6.45) is 12.0. The standard InChI is InChI=1S/C22H31NO2/c1-25-19-11-12-20-17(14-19)8-4-9-18(20)15-22(24)23-13-5-10-21(23)16-6-2-3-7-16/h11-12,14,16,18,21H,2-10,13,15H2,1H3. The molecule has 1 saturated carbocycles. The molecule has 1 amide bonds. The number of carbonyl (C=O) groups is 1. The van der Waals surface area contributed by atoms with Crippen LogP contribution >= 0.6 is 0 Å². The first-order valence-corrected chi connectivity index (χ1v) is 10.2. The number of carbonyl (C=O) groups excluding carboxylic acids is 1. The molecule has 2 unspecified atom stereocenters. The van der Waals surface area contributed by atoms with Crippen molar-refractivity contribution in [2.45, 2.75) is 76.2 Å². The molecule has 1 aromatic carbocycles. The number of likely N-dealkylation sites (tertiary alicyclic amines) is 1. The Balaban J connectivity index is 1.46. The number of methoxy groups -OCH3 is 1. The first-order valence-electron chi connectivity index (χ1n) is 10.2. The maximum atomic E-state index is 13.1.